The second kappa shape index (κ2) is 5.66. The molecule has 0 aliphatic heterocycles. The van der Waals surface area contributed by atoms with Gasteiger partial charge in [-0.2, -0.15) is 0 Å². The molecule has 0 bridgehead atoms. The monoisotopic (exact) mass is 199 g/mol. The van der Waals surface area contributed by atoms with Crippen LogP contribution in [0.5, 0.6) is 5.19 Å². The van der Waals surface area contributed by atoms with Crippen molar-refractivity contribution in [2.24, 2.45) is 5.73 Å². The Morgan fingerprint density at radius 1 is 1.54 bits per heavy atom. The molecule has 0 aromatic carbocycles. The van der Waals surface area contributed by atoms with Crippen molar-refractivity contribution in [3.8, 4) is 5.19 Å². The summed E-state index contributed by atoms with van der Waals surface area (Å²) in [5.74, 6) is 0. The summed E-state index contributed by atoms with van der Waals surface area (Å²) in [4.78, 5) is 0. The first kappa shape index (κ1) is 10.1. The van der Waals surface area contributed by atoms with Crippen LogP contribution in [0.4, 0.5) is 0 Å². The third-order valence-corrected chi connectivity index (χ3v) is 2.26. The molecule has 0 aliphatic carbocycles. The lowest BCUT2D eigenvalue weighted by atomic mass is 10.3. The summed E-state index contributed by atoms with van der Waals surface area (Å²) in [7, 11) is 0. The van der Waals surface area contributed by atoms with Crippen molar-refractivity contribution in [3.63, 3.8) is 0 Å². The number of hydrogen-bond donors (Lipinski definition) is 1. The zero-order valence-electron chi connectivity index (χ0n) is 7.40. The normalized spacial score (nSPS) is 9.92. The number of rotatable bonds is 6. The Balaban J connectivity index is 2.24. The molecular formula is C8H13N3OS. The topological polar surface area (TPSA) is 61.0 Å². The van der Waals surface area contributed by atoms with Crippen molar-refractivity contribution >= 4 is 11.3 Å². The van der Waals surface area contributed by atoms with Gasteiger partial charge in [-0.15, -0.1) is 16.8 Å². The highest BCUT2D eigenvalue weighted by Crippen LogP contribution is 2.17. The summed E-state index contributed by atoms with van der Waals surface area (Å²) in [6.45, 7) is 4.71. The Hall–Kier alpha value is -0.940. The smallest absolute Gasteiger partial charge is 0.294 e. The minimum absolute atomic E-state index is 0.424. The molecule has 13 heavy (non-hydrogen) atoms. The van der Waals surface area contributed by atoms with E-state index in [-0.39, 0.29) is 0 Å². The number of hydrogen-bond acceptors (Lipinski definition) is 5. The molecular weight excluding hydrogens is 186 g/mol. The van der Waals surface area contributed by atoms with Crippen LogP contribution < -0.4 is 10.5 Å². The highest BCUT2D eigenvalue weighted by molar-refractivity contribution is 7.13. The molecule has 0 amide bonds. The second-order valence-electron chi connectivity index (χ2n) is 2.45. The molecule has 5 heteroatoms. The predicted octanol–water partition coefficient (Wildman–Crippen LogP) is 1.34. The van der Waals surface area contributed by atoms with E-state index in [9.17, 15) is 0 Å². The van der Waals surface area contributed by atoms with Gasteiger partial charge < -0.3 is 10.5 Å². The van der Waals surface area contributed by atoms with E-state index >= 15 is 0 Å². The van der Waals surface area contributed by atoms with Crippen LogP contribution in [0.1, 0.15) is 17.8 Å². The Labute approximate surface area is 81.4 Å². The first-order chi connectivity index (χ1) is 6.36. The van der Waals surface area contributed by atoms with Crippen molar-refractivity contribution in [2.75, 3.05) is 6.61 Å². The lowest BCUT2D eigenvalue weighted by Crippen LogP contribution is -1.95. The van der Waals surface area contributed by atoms with Gasteiger partial charge in [0, 0.05) is 6.54 Å². The van der Waals surface area contributed by atoms with Gasteiger partial charge in [-0.05, 0) is 12.8 Å². The summed E-state index contributed by atoms with van der Waals surface area (Å²) in [6, 6.07) is 0. The van der Waals surface area contributed by atoms with Crippen molar-refractivity contribution in [1.29, 1.82) is 0 Å². The molecule has 1 aromatic heterocycles. The van der Waals surface area contributed by atoms with Crippen molar-refractivity contribution in [1.82, 2.24) is 10.2 Å². The summed E-state index contributed by atoms with van der Waals surface area (Å²) >= 11 is 1.40. The van der Waals surface area contributed by atoms with Crippen LogP contribution in [0.15, 0.2) is 12.7 Å². The SMILES string of the molecule is C=CCCCOc1nnc(CN)s1. The van der Waals surface area contributed by atoms with Gasteiger partial charge >= 0.3 is 0 Å². The molecule has 72 valence electrons. The largest absolute Gasteiger partial charge is 0.469 e. The fourth-order valence-corrected chi connectivity index (χ4v) is 1.36. The molecule has 0 radical (unpaired) electrons. The van der Waals surface area contributed by atoms with Gasteiger partial charge in [-0.1, -0.05) is 17.4 Å². The minimum atomic E-state index is 0.424. The van der Waals surface area contributed by atoms with Crippen molar-refractivity contribution in [3.05, 3.63) is 17.7 Å². The van der Waals surface area contributed by atoms with Crippen LogP contribution in [0.25, 0.3) is 0 Å². The fourth-order valence-electron chi connectivity index (χ4n) is 0.766. The summed E-state index contributed by atoms with van der Waals surface area (Å²) in [5, 5.41) is 9.06. The van der Waals surface area contributed by atoms with E-state index in [1.165, 1.54) is 11.3 Å². The van der Waals surface area contributed by atoms with Crippen LogP contribution in [-0.2, 0) is 6.54 Å². The lowest BCUT2D eigenvalue weighted by molar-refractivity contribution is 0.308. The Morgan fingerprint density at radius 3 is 3.00 bits per heavy atom. The number of allylic oxidation sites excluding steroid dienone is 1. The fraction of sp³-hybridized carbons (Fsp3) is 0.500. The van der Waals surface area contributed by atoms with Gasteiger partial charge in [-0.3, -0.25) is 0 Å². The first-order valence-electron chi connectivity index (χ1n) is 4.13. The van der Waals surface area contributed by atoms with Crippen LogP contribution in [-0.4, -0.2) is 16.8 Å². The molecule has 0 saturated heterocycles. The average molecular weight is 199 g/mol. The second-order valence-corrected chi connectivity index (χ2v) is 3.47. The molecule has 0 saturated carbocycles. The molecule has 1 aromatic rings. The van der Waals surface area contributed by atoms with E-state index in [1.807, 2.05) is 6.08 Å². The van der Waals surface area contributed by atoms with Gasteiger partial charge in [-0.25, -0.2) is 0 Å². The molecule has 0 spiro atoms. The molecule has 4 nitrogen and oxygen atoms in total. The zero-order valence-corrected chi connectivity index (χ0v) is 8.22. The van der Waals surface area contributed by atoms with E-state index < -0.39 is 0 Å². The van der Waals surface area contributed by atoms with E-state index in [2.05, 4.69) is 16.8 Å². The van der Waals surface area contributed by atoms with Crippen LogP contribution in [0, 0.1) is 0 Å². The van der Waals surface area contributed by atoms with Gasteiger partial charge in [0.2, 0.25) is 0 Å². The third kappa shape index (κ3) is 3.52. The Bertz CT molecular complexity index is 262. The average Bonchev–Trinajstić information content (AvgIpc) is 2.60. The minimum Gasteiger partial charge on any atom is -0.469 e. The van der Waals surface area contributed by atoms with Crippen LogP contribution in [0.3, 0.4) is 0 Å². The first-order valence-corrected chi connectivity index (χ1v) is 4.94. The van der Waals surface area contributed by atoms with E-state index in [1.54, 1.807) is 0 Å². The number of aromatic nitrogens is 2. The highest BCUT2D eigenvalue weighted by atomic mass is 32.1. The molecule has 0 unspecified atom stereocenters. The van der Waals surface area contributed by atoms with Crippen LogP contribution >= 0.6 is 11.3 Å². The number of unbranched alkanes of at least 4 members (excludes halogenated alkanes) is 1. The number of ether oxygens (including phenoxy) is 1. The maximum atomic E-state index is 5.38. The Morgan fingerprint density at radius 2 is 2.38 bits per heavy atom. The summed E-state index contributed by atoms with van der Waals surface area (Å²) in [5.41, 5.74) is 5.38. The summed E-state index contributed by atoms with van der Waals surface area (Å²) in [6.07, 6.45) is 3.79. The molecule has 0 fully saturated rings. The quantitative estimate of drug-likeness (QED) is 0.555. The zero-order chi connectivity index (χ0) is 9.52. The number of nitrogens with two attached hydrogens (primary N) is 1. The summed E-state index contributed by atoms with van der Waals surface area (Å²) < 4.78 is 5.33. The lowest BCUT2D eigenvalue weighted by Gasteiger charge is -1.97. The standard InChI is InChI=1S/C8H13N3OS/c1-2-3-4-5-12-8-11-10-7(6-9)13-8/h2H,1,3-6,9H2. The molecule has 0 atom stereocenters. The molecule has 0 aliphatic rings. The third-order valence-electron chi connectivity index (χ3n) is 1.40. The van der Waals surface area contributed by atoms with E-state index in [0.717, 1.165) is 17.8 Å². The van der Waals surface area contributed by atoms with E-state index in [4.69, 9.17) is 10.5 Å². The van der Waals surface area contributed by atoms with Crippen molar-refractivity contribution in [2.45, 2.75) is 19.4 Å². The number of nitrogens with zero attached hydrogens (tertiary/aromatic N) is 2. The maximum Gasteiger partial charge on any atom is 0.294 e. The van der Waals surface area contributed by atoms with Gasteiger partial charge in [0.25, 0.3) is 5.19 Å². The molecule has 1 rings (SSSR count). The van der Waals surface area contributed by atoms with Gasteiger partial charge in [0.1, 0.15) is 5.01 Å². The van der Waals surface area contributed by atoms with E-state index in [0.29, 0.717) is 18.3 Å². The molecule has 1 heterocycles. The van der Waals surface area contributed by atoms with Crippen molar-refractivity contribution < 1.29 is 4.74 Å². The van der Waals surface area contributed by atoms with Crippen LogP contribution in [0.2, 0.25) is 0 Å². The maximum absolute atomic E-state index is 5.38. The van der Waals surface area contributed by atoms with Gasteiger partial charge in [0.15, 0.2) is 0 Å². The Kier molecular flexibility index (Phi) is 4.42. The predicted molar refractivity (Wildman–Crippen MR) is 52.7 cm³/mol. The molecule has 2 N–H and O–H groups in total. The van der Waals surface area contributed by atoms with Gasteiger partial charge in [0.05, 0.1) is 6.61 Å². The highest BCUT2D eigenvalue weighted by Gasteiger charge is 2.01.